The molecular weight excluding hydrogens is 783 g/mol. The summed E-state index contributed by atoms with van der Waals surface area (Å²) in [6, 6.07) is 72.7. The Morgan fingerprint density at radius 2 is 0.582 bits per heavy atom. The maximum Gasteiger partial charge on any atom is 0.0967 e. The molecule has 55 heavy (non-hydrogen) atoms. The molecule has 1 atom stereocenters. The van der Waals surface area contributed by atoms with Crippen LogP contribution in [0.1, 0.15) is 23.6 Å². The van der Waals surface area contributed by atoms with Gasteiger partial charge in [-0.15, -0.1) is 0 Å². The van der Waals surface area contributed by atoms with E-state index in [1.807, 2.05) is 9.24 Å². The Morgan fingerprint density at radius 3 is 0.782 bits per heavy atom. The predicted molar refractivity (Wildman–Crippen MR) is 256 cm³/mol. The summed E-state index contributed by atoms with van der Waals surface area (Å²) >= 11 is 0. The molecule has 5 heteroatoms. The smallest absolute Gasteiger partial charge is 0.0620 e. The predicted octanol–water partition coefficient (Wildman–Crippen LogP) is 9.43. The van der Waals surface area contributed by atoms with E-state index in [1.165, 1.54) is 72.3 Å². The minimum absolute atomic E-state index is 0. The van der Waals surface area contributed by atoms with Crippen LogP contribution in [0.3, 0.4) is 0 Å². The van der Waals surface area contributed by atoms with Gasteiger partial charge in [0.15, 0.2) is 0 Å². The van der Waals surface area contributed by atoms with Crippen LogP contribution in [0.5, 0.6) is 0 Å². The van der Waals surface area contributed by atoms with Crippen molar-refractivity contribution in [3.8, 4) is 0 Å². The first-order chi connectivity index (χ1) is 26.3. The van der Waals surface area contributed by atoms with Crippen molar-refractivity contribution in [3.05, 3.63) is 211 Å². The van der Waals surface area contributed by atoms with Gasteiger partial charge in [0.05, 0.1) is 84.8 Å². The van der Waals surface area contributed by atoms with E-state index in [-0.39, 0.29) is 21.9 Å². The molecule has 282 valence electrons. The number of aryl methyl sites for hydroxylation is 3. The third-order valence-electron chi connectivity index (χ3n) is 10.4. The van der Waals surface area contributed by atoms with Crippen LogP contribution in [0.25, 0.3) is 0 Å². The van der Waals surface area contributed by atoms with Crippen LogP contribution >= 0.6 is 33.0 Å². The van der Waals surface area contributed by atoms with Gasteiger partial charge in [-0.05, 0) is 112 Å². The van der Waals surface area contributed by atoms with Crippen molar-refractivity contribution >= 4 is 70.1 Å². The van der Waals surface area contributed by atoms with Gasteiger partial charge in [-0.2, -0.15) is 0 Å². The van der Waals surface area contributed by atoms with Gasteiger partial charge < -0.3 is 0 Å². The molecule has 0 N–H and O–H groups in total. The summed E-state index contributed by atoms with van der Waals surface area (Å²) in [6.07, 6.45) is 3.61. The number of hydrogen-bond donors (Lipinski definition) is 0. The van der Waals surface area contributed by atoms with Crippen molar-refractivity contribution in [3.63, 3.8) is 0 Å². The van der Waals surface area contributed by atoms with E-state index in [9.17, 15) is 0 Å². The summed E-state index contributed by atoms with van der Waals surface area (Å²) in [5.74, 6) is 0. The molecule has 0 saturated heterocycles. The molecule has 0 bridgehead atoms. The van der Waals surface area contributed by atoms with Crippen LogP contribution in [0.15, 0.2) is 194 Å². The molecule has 0 aliphatic rings. The van der Waals surface area contributed by atoms with Gasteiger partial charge in [0, 0.05) is 25.7 Å². The van der Waals surface area contributed by atoms with Crippen molar-refractivity contribution in [2.75, 3.05) is 18.5 Å². The van der Waals surface area contributed by atoms with E-state index in [0.29, 0.717) is 0 Å². The fraction of sp³-hybridized carbons (Fsp3) is 0.160. The maximum absolute atomic E-state index is 2.64. The van der Waals surface area contributed by atoms with Gasteiger partial charge in [-0.25, -0.2) is 0 Å². The van der Waals surface area contributed by atoms with Gasteiger partial charge in [0.25, 0.3) is 0 Å². The van der Waals surface area contributed by atoms with E-state index in [0.717, 1.165) is 0 Å². The monoisotopic (exact) mass is 838 g/mol. The molecule has 0 aliphatic carbocycles. The Morgan fingerprint density at radius 1 is 0.382 bits per heavy atom. The average Bonchev–Trinajstić information content (AvgIpc) is 3.22. The average molecular weight is 840 g/mol. The molecule has 0 radical (unpaired) electrons. The Labute approximate surface area is 347 Å². The zero-order valence-corrected chi connectivity index (χ0v) is 38.0. The Bertz CT molecular complexity index is 1800. The second-order valence-electron chi connectivity index (χ2n) is 14.9. The van der Waals surface area contributed by atoms with Crippen molar-refractivity contribution in [1.29, 1.82) is 0 Å². The molecule has 0 spiro atoms. The van der Waals surface area contributed by atoms with Gasteiger partial charge >= 0.3 is 0 Å². The molecule has 0 heterocycles. The van der Waals surface area contributed by atoms with Crippen LogP contribution in [0, 0.1) is 26.2 Å². The first kappa shape index (κ1) is 42.9. The van der Waals surface area contributed by atoms with Gasteiger partial charge in [0.2, 0.25) is 0 Å². The summed E-state index contributed by atoms with van der Waals surface area (Å²) in [4.78, 5) is 0. The van der Waals surface area contributed by atoms with Crippen LogP contribution in [-0.4, -0.2) is 18.5 Å². The standard InChI is InChI=1S/C41H39P3.C9H13P.Ni/c1-41(32-42(35-20-8-2-9-21-35)36-22-10-3-11-23-36,33-43(37-24-12-4-13-25-37)38-26-14-5-15-27-38)34-44(39-28-16-6-17-29-39)40-30-18-7-19-31-40;1-6-4-7(2)9(10)8(3)5-6;/h2-31H,32-34H2,1H3;4-5H,10H2,1-3H3;/p+4. The molecule has 0 fully saturated rings. The van der Waals surface area contributed by atoms with Crippen LogP contribution < -0.4 is 37.1 Å². The molecule has 7 aromatic rings. The normalized spacial score (nSPS) is 11.3. The second kappa shape index (κ2) is 21.3. The minimum Gasteiger partial charge on any atom is -0.0620 e. The second-order valence-corrected chi connectivity index (χ2v) is 23.0. The largest absolute Gasteiger partial charge is 0.0967 e. The van der Waals surface area contributed by atoms with Crippen molar-refractivity contribution in [2.45, 2.75) is 27.7 Å². The third-order valence-corrected chi connectivity index (χ3v) is 21.3. The van der Waals surface area contributed by atoms with E-state index in [2.05, 4.69) is 222 Å². The number of benzene rings is 7. The zero-order chi connectivity index (χ0) is 37.8. The van der Waals surface area contributed by atoms with Crippen molar-refractivity contribution in [2.24, 2.45) is 5.41 Å². The molecule has 0 amide bonds. The number of hydrogen-bond acceptors (Lipinski definition) is 0. The molecule has 0 saturated carbocycles. The Hall–Kier alpha value is -3.25. The van der Waals surface area contributed by atoms with Crippen LogP contribution in [0.2, 0.25) is 0 Å². The van der Waals surface area contributed by atoms with Gasteiger partial charge in [0.1, 0.15) is 0 Å². The number of rotatable bonds is 12. The van der Waals surface area contributed by atoms with Gasteiger partial charge in [-0.3, -0.25) is 0 Å². The van der Waals surface area contributed by atoms with E-state index < -0.39 is 23.8 Å². The summed E-state index contributed by atoms with van der Waals surface area (Å²) in [7, 11) is -1.15. The van der Waals surface area contributed by atoms with E-state index in [4.69, 9.17) is 0 Å². The molecule has 0 aliphatic heterocycles. The molecule has 0 nitrogen and oxygen atoms in total. The summed E-state index contributed by atoms with van der Waals surface area (Å²) in [6.45, 7) is 9.11. The fourth-order valence-electron chi connectivity index (χ4n) is 7.63. The Balaban J connectivity index is 0.000000460. The SMILES string of the molecule is CC(C[PH+](c1ccccc1)c1ccccc1)(C[PH+](c1ccccc1)c1ccccc1)C[PH+](c1ccccc1)c1ccccc1.Cc1cc(C)c([PH3+])c(C)c1.[Ni]. The molecule has 7 aromatic carbocycles. The van der Waals surface area contributed by atoms with Crippen molar-refractivity contribution in [1.82, 2.24) is 0 Å². The summed E-state index contributed by atoms with van der Waals surface area (Å²) in [5.41, 5.74) is 4.32. The quantitative estimate of drug-likeness (QED) is 0.0851. The van der Waals surface area contributed by atoms with Crippen LogP contribution in [0.4, 0.5) is 0 Å². The minimum atomic E-state index is -1.04. The molecular formula is C50H56NiP4+4. The summed E-state index contributed by atoms with van der Waals surface area (Å²) < 4.78 is 0. The first-order valence-electron chi connectivity index (χ1n) is 19.1. The van der Waals surface area contributed by atoms with E-state index in [1.54, 1.807) is 0 Å². The fourth-order valence-corrected chi connectivity index (χ4v) is 17.7. The summed E-state index contributed by atoms with van der Waals surface area (Å²) in [5, 5.41) is 10.5. The maximum atomic E-state index is 2.64. The Kier molecular flexibility index (Phi) is 16.6. The van der Waals surface area contributed by atoms with Crippen molar-refractivity contribution < 1.29 is 16.5 Å². The molecule has 7 rings (SSSR count). The van der Waals surface area contributed by atoms with Gasteiger partial charge in [-0.1, -0.05) is 127 Å². The first-order valence-corrected chi connectivity index (χ1v) is 24.9. The molecule has 0 aromatic heterocycles. The molecule has 1 unspecified atom stereocenters. The topological polar surface area (TPSA) is 0 Å². The van der Waals surface area contributed by atoms with Crippen LogP contribution in [-0.2, 0) is 16.5 Å². The third kappa shape index (κ3) is 12.1. The zero-order valence-electron chi connectivity index (χ0n) is 32.6. The van der Waals surface area contributed by atoms with E-state index >= 15 is 0 Å².